The summed E-state index contributed by atoms with van der Waals surface area (Å²) in [4.78, 5) is 30.4. The summed E-state index contributed by atoms with van der Waals surface area (Å²) in [5.41, 5.74) is -1.51. The zero-order chi connectivity index (χ0) is 37.2. The third-order valence-electron chi connectivity index (χ3n) is 10.2. The van der Waals surface area contributed by atoms with Crippen LogP contribution in [0.5, 0.6) is 0 Å². The van der Waals surface area contributed by atoms with Crippen LogP contribution < -0.4 is 0 Å². The number of likely N-dealkylation sites (N-methyl/N-ethyl adjacent to an activating group) is 1. The maximum atomic E-state index is 13.5. The minimum absolute atomic E-state index is 0.0110. The van der Waals surface area contributed by atoms with E-state index in [1.54, 1.807) is 43.1 Å². The number of esters is 1. The molecule has 286 valence electrons. The molecule has 3 heterocycles. The van der Waals surface area contributed by atoms with Crippen molar-refractivity contribution in [1.29, 1.82) is 0 Å². The highest BCUT2D eigenvalue weighted by Crippen LogP contribution is 2.38. The van der Waals surface area contributed by atoms with E-state index < -0.39 is 54.0 Å². The van der Waals surface area contributed by atoms with Gasteiger partial charge in [-0.25, -0.2) is 4.79 Å². The predicted molar refractivity (Wildman–Crippen MR) is 190 cm³/mol. The third-order valence-corrected chi connectivity index (χ3v) is 10.2. The fourth-order valence-electron chi connectivity index (χ4n) is 6.74. The van der Waals surface area contributed by atoms with Crippen LogP contribution in [0.3, 0.4) is 0 Å². The zero-order valence-corrected chi connectivity index (χ0v) is 31.7. The molecule has 11 atom stereocenters. The number of aliphatic hydroxyl groups is 3. The zero-order valence-electron chi connectivity index (χ0n) is 31.7. The number of carbonyl (C=O) groups excluding carboxylic acids is 2. The van der Waals surface area contributed by atoms with Gasteiger partial charge in [0.15, 0.2) is 12.4 Å². The molecule has 0 aromatic heterocycles. The summed E-state index contributed by atoms with van der Waals surface area (Å²) in [6.07, 6.45) is 5.96. The number of piperazine rings is 1. The van der Waals surface area contributed by atoms with Gasteiger partial charge in [-0.05, 0) is 72.6 Å². The average Bonchev–Trinajstić information content (AvgIpc) is 3.81. The molecule has 1 amide bonds. The van der Waals surface area contributed by atoms with Gasteiger partial charge < -0.3 is 48.8 Å². The predicted octanol–water partition coefficient (Wildman–Crippen LogP) is 4.36. The van der Waals surface area contributed by atoms with Crippen molar-refractivity contribution in [2.75, 3.05) is 39.8 Å². The maximum Gasteiger partial charge on any atom is 0.410 e. The summed E-state index contributed by atoms with van der Waals surface area (Å²) in [6.45, 7) is 17.9. The highest BCUT2D eigenvalue weighted by atomic mass is 16.7. The monoisotopic (exact) mass is 708 g/mol. The van der Waals surface area contributed by atoms with Crippen LogP contribution in [0.25, 0.3) is 0 Å². The van der Waals surface area contributed by atoms with Crippen LogP contribution in [0.1, 0.15) is 87.5 Å². The Kier molecular flexibility index (Phi) is 16.0. The SMILES string of the molecule is CCOC(C)OC1(C)CCC(O)CC(=O)OC(/C(C)=C/C=C/C(C)(O)CC2OC2C(C)C(O)CC)C(C)/C=C\C1OC(=O)N1CCN(C)CC1. The highest BCUT2D eigenvalue weighted by Gasteiger charge is 2.47. The van der Waals surface area contributed by atoms with Crippen LogP contribution in [-0.2, 0) is 28.5 Å². The molecule has 12 nitrogen and oxygen atoms in total. The first-order chi connectivity index (χ1) is 23.5. The van der Waals surface area contributed by atoms with Gasteiger partial charge in [0.1, 0.15) is 11.7 Å². The molecular weight excluding hydrogens is 644 g/mol. The lowest BCUT2D eigenvalue weighted by Gasteiger charge is -2.40. The Bertz CT molecular complexity index is 1180. The summed E-state index contributed by atoms with van der Waals surface area (Å²) < 4.78 is 30.0. The first-order valence-electron chi connectivity index (χ1n) is 18.4. The summed E-state index contributed by atoms with van der Waals surface area (Å²) >= 11 is 0. The van der Waals surface area contributed by atoms with Crippen LogP contribution in [-0.4, -0.2) is 131 Å². The quantitative estimate of drug-likeness (QED) is 0.0823. The second-order valence-corrected chi connectivity index (χ2v) is 14.9. The molecule has 0 aliphatic carbocycles. The average molecular weight is 709 g/mol. The van der Waals surface area contributed by atoms with Crippen molar-refractivity contribution in [2.24, 2.45) is 11.8 Å². The maximum absolute atomic E-state index is 13.5. The Morgan fingerprint density at radius 2 is 1.88 bits per heavy atom. The van der Waals surface area contributed by atoms with E-state index in [0.717, 1.165) is 18.7 Å². The number of rotatable bonds is 13. The van der Waals surface area contributed by atoms with Gasteiger partial charge >= 0.3 is 12.1 Å². The molecule has 0 bridgehead atoms. The van der Waals surface area contributed by atoms with Gasteiger partial charge in [0.25, 0.3) is 0 Å². The van der Waals surface area contributed by atoms with Gasteiger partial charge in [-0.3, -0.25) is 4.79 Å². The lowest BCUT2D eigenvalue weighted by Crippen LogP contribution is -2.51. The van der Waals surface area contributed by atoms with Gasteiger partial charge in [-0.1, -0.05) is 45.1 Å². The van der Waals surface area contributed by atoms with Crippen LogP contribution in [0, 0.1) is 11.8 Å². The molecule has 3 rings (SSSR count). The minimum atomic E-state index is -1.16. The van der Waals surface area contributed by atoms with E-state index in [0.29, 0.717) is 32.5 Å². The molecule has 3 N–H and O–H groups in total. The van der Waals surface area contributed by atoms with Gasteiger partial charge in [-0.15, -0.1) is 0 Å². The van der Waals surface area contributed by atoms with Gasteiger partial charge in [0, 0.05) is 51.0 Å². The summed E-state index contributed by atoms with van der Waals surface area (Å²) in [5, 5.41) is 32.2. The number of epoxide rings is 1. The molecule has 12 heteroatoms. The fraction of sp³-hybridized carbons (Fsp3) is 0.789. The smallest absolute Gasteiger partial charge is 0.410 e. The molecule has 50 heavy (non-hydrogen) atoms. The minimum Gasteiger partial charge on any atom is -0.457 e. The van der Waals surface area contributed by atoms with E-state index in [1.165, 1.54) is 0 Å². The van der Waals surface area contributed by atoms with Crippen molar-refractivity contribution in [3.63, 3.8) is 0 Å². The van der Waals surface area contributed by atoms with Crippen molar-refractivity contribution < 1.29 is 48.6 Å². The number of cyclic esters (lactones) is 1. The Morgan fingerprint density at radius 1 is 1.20 bits per heavy atom. The topological polar surface area (TPSA) is 151 Å². The van der Waals surface area contributed by atoms with Crippen LogP contribution in [0.4, 0.5) is 4.79 Å². The van der Waals surface area contributed by atoms with Crippen LogP contribution in [0.2, 0.25) is 0 Å². The molecule has 0 radical (unpaired) electrons. The molecule has 2 fully saturated rings. The fourth-order valence-corrected chi connectivity index (χ4v) is 6.74. The number of ether oxygens (including phenoxy) is 5. The lowest BCUT2D eigenvalue weighted by molar-refractivity contribution is -0.222. The van der Waals surface area contributed by atoms with Crippen molar-refractivity contribution in [1.82, 2.24) is 9.80 Å². The Labute approximate surface area is 299 Å². The second kappa shape index (κ2) is 19.0. The molecule has 2 saturated heterocycles. The van der Waals surface area contributed by atoms with Gasteiger partial charge in [0.2, 0.25) is 0 Å². The first-order valence-corrected chi connectivity index (χ1v) is 18.4. The van der Waals surface area contributed by atoms with Crippen molar-refractivity contribution >= 4 is 12.1 Å². The summed E-state index contributed by atoms with van der Waals surface area (Å²) in [5.74, 6) is -0.898. The summed E-state index contributed by atoms with van der Waals surface area (Å²) in [6, 6.07) is 0. The standard InChI is InChI=1S/C38H64N2O10/c1-10-30(42)27(5)35-31(47-35)24-37(7,45)17-12-13-25(3)34-26(4)14-15-32(48-36(44)40-21-19-39(9)20-22-40)38(8,50-28(6)46-11-2)18-16-29(41)23-33(43)49-34/h12-15,17,26-32,34-35,41-42,45H,10-11,16,18-24H2,1-9H3/b15-14-,17-12+,25-13+. The van der Waals surface area contributed by atoms with E-state index in [9.17, 15) is 24.9 Å². The van der Waals surface area contributed by atoms with E-state index in [2.05, 4.69) is 4.90 Å². The Morgan fingerprint density at radius 3 is 2.52 bits per heavy atom. The molecule has 3 aliphatic heterocycles. The van der Waals surface area contributed by atoms with Crippen LogP contribution >= 0.6 is 0 Å². The molecule has 0 aromatic rings. The molecule has 3 aliphatic rings. The second-order valence-electron chi connectivity index (χ2n) is 14.9. The molecule has 0 saturated carbocycles. The van der Waals surface area contributed by atoms with Crippen molar-refractivity contribution in [3.05, 3.63) is 36.0 Å². The van der Waals surface area contributed by atoms with E-state index in [1.807, 2.05) is 54.7 Å². The number of carbonyl (C=O) groups is 2. The lowest BCUT2D eigenvalue weighted by atomic mass is 9.88. The number of amides is 1. The highest BCUT2D eigenvalue weighted by molar-refractivity contribution is 5.70. The Balaban J connectivity index is 1.85. The summed E-state index contributed by atoms with van der Waals surface area (Å²) in [7, 11) is 2.02. The normalized spacial score (nSPS) is 34.1. The number of aliphatic hydroxyl groups excluding tert-OH is 2. The van der Waals surface area contributed by atoms with Gasteiger partial charge in [0.05, 0.1) is 36.4 Å². The van der Waals surface area contributed by atoms with E-state index in [4.69, 9.17) is 23.7 Å². The van der Waals surface area contributed by atoms with E-state index >= 15 is 0 Å². The molecule has 0 aromatic carbocycles. The Hall–Kier alpha value is -2.32. The van der Waals surface area contributed by atoms with Crippen molar-refractivity contribution in [2.45, 2.75) is 142 Å². The molecule has 0 spiro atoms. The largest absolute Gasteiger partial charge is 0.457 e. The molecule has 11 unspecified atom stereocenters. The van der Waals surface area contributed by atoms with Crippen molar-refractivity contribution in [3.8, 4) is 0 Å². The number of hydrogen-bond donors (Lipinski definition) is 3. The first kappa shape index (κ1) is 42.1. The third kappa shape index (κ3) is 12.7. The molecular formula is C38H64N2O10. The van der Waals surface area contributed by atoms with Crippen LogP contribution in [0.15, 0.2) is 36.0 Å². The van der Waals surface area contributed by atoms with E-state index in [-0.39, 0.29) is 43.3 Å². The number of allylic oxidation sites excluding steroid dienone is 2. The number of nitrogens with zero attached hydrogens (tertiary/aromatic N) is 2. The van der Waals surface area contributed by atoms with Gasteiger partial charge in [-0.2, -0.15) is 0 Å². The number of hydrogen-bond acceptors (Lipinski definition) is 11.